The highest BCUT2D eigenvalue weighted by atomic mass is 35.5. The van der Waals surface area contributed by atoms with Crippen LogP contribution in [0.15, 0.2) is 48.7 Å². The van der Waals surface area contributed by atoms with Gasteiger partial charge in [-0.2, -0.15) is 0 Å². The van der Waals surface area contributed by atoms with E-state index in [1.807, 2.05) is 41.1 Å². The second-order valence-corrected chi connectivity index (χ2v) is 5.84. The SMILES string of the molecule is COc1ccccc1-n1cc(-c2ccc(Cl)c(Cl)c2)[nH]c1=S. The summed E-state index contributed by atoms with van der Waals surface area (Å²) in [4.78, 5) is 3.18. The van der Waals surface area contributed by atoms with Gasteiger partial charge in [0.15, 0.2) is 4.77 Å². The Morgan fingerprint density at radius 3 is 2.59 bits per heavy atom. The predicted octanol–water partition coefficient (Wildman–Crippen LogP) is 5.52. The molecule has 0 amide bonds. The van der Waals surface area contributed by atoms with Crippen LogP contribution in [0.5, 0.6) is 5.75 Å². The van der Waals surface area contributed by atoms with E-state index in [4.69, 9.17) is 40.2 Å². The van der Waals surface area contributed by atoms with Crippen molar-refractivity contribution >= 4 is 35.4 Å². The van der Waals surface area contributed by atoms with Crippen LogP contribution in [0.3, 0.4) is 0 Å². The molecule has 3 nitrogen and oxygen atoms in total. The lowest BCUT2D eigenvalue weighted by molar-refractivity contribution is 0.413. The van der Waals surface area contributed by atoms with E-state index in [2.05, 4.69) is 4.98 Å². The quantitative estimate of drug-likeness (QED) is 0.630. The highest BCUT2D eigenvalue weighted by molar-refractivity contribution is 7.71. The van der Waals surface area contributed by atoms with Gasteiger partial charge < -0.3 is 9.72 Å². The van der Waals surface area contributed by atoms with Gasteiger partial charge >= 0.3 is 0 Å². The third-order valence-corrected chi connectivity index (χ3v) is 4.33. The number of nitrogens with zero attached hydrogens (tertiary/aromatic N) is 1. The van der Waals surface area contributed by atoms with Crippen LogP contribution in [0, 0.1) is 4.77 Å². The van der Waals surface area contributed by atoms with Crippen LogP contribution in [0.1, 0.15) is 0 Å². The molecule has 0 bridgehead atoms. The second-order valence-electron chi connectivity index (χ2n) is 4.64. The summed E-state index contributed by atoms with van der Waals surface area (Å²) in [6.07, 6.45) is 1.92. The lowest BCUT2D eigenvalue weighted by Crippen LogP contribution is -1.96. The van der Waals surface area contributed by atoms with Crippen LogP contribution in [0.2, 0.25) is 10.0 Å². The van der Waals surface area contributed by atoms with Gasteiger partial charge in [0.05, 0.1) is 28.5 Å². The summed E-state index contributed by atoms with van der Waals surface area (Å²) < 4.78 is 7.83. The molecule has 0 saturated heterocycles. The molecule has 0 fully saturated rings. The molecule has 0 radical (unpaired) electrons. The lowest BCUT2D eigenvalue weighted by Gasteiger charge is -2.08. The summed E-state index contributed by atoms with van der Waals surface area (Å²) in [5.74, 6) is 0.748. The van der Waals surface area contributed by atoms with Gasteiger partial charge in [-0.3, -0.25) is 4.57 Å². The van der Waals surface area contributed by atoms with Crippen molar-refractivity contribution in [2.45, 2.75) is 0 Å². The molecule has 1 aromatic heterocycles. The molecule has 0 spiro atoms. The van der Waals surface area contributed by atoms with Gasteiger partial charge in [0, 0.05) is 11.8 Å². The van der Waals surface area contributed by atoms with Crippen molar-refractivity contribution in [2.75, 3.05) is 7.11 Å². The van der Waals surface area contributed by atoms with Crippen LogP contribution < -0.4 is 4.74 Å². The first-order chi connectivity index (χ1) is 10.6. The van der Waals surface area contributed by atoms with E-state index in [1.165, 1.54) is 0 Å². The molecular weight excluding hydrogens is 339 g/mol. The maximum Gasteiger partial charge on any atom is 0.182 e. The van der Waals surface area contributed by atoms with Crippen molar-refractivity contribution in [2.24, 2.45) is 0 Å². The Labute approximate surface area is 143 Å². The Balaban J connectivity index is 2.11. The number of hydrogen-bond acceptors (Lipinski definition) is 2. The molecule has 1 N–H and O–H groups in total. The molecule has 0 aliphatic carbocycles. The van der Waals surface area contributed by atoms with Gasteiger partial charge in [-0.05, 0) is 36.5 Å². The van der Waals surface area contributed by atoms with Crippen molar-refractivity contribution in [3.63, 3.8) is 0 Å². The van der Waals surface area contributed by atoms with Gasteiger partial charge in [0.1, 0.15) is 5.75 Å². The second kappa shape index (κ2) is 6.16. The van der Waals surface area contributed by atoms with Crippen molar-refractivity contribution < 1.29 is 4.74 Å². The number of imidazole rings is 1. The normalized spacial score (nSPS) is 10.7. The summed E-state index contributed by atoms with van der Waals surface area (Å²) in [6, 6.07) is 13.1. The molecule has 1 heterocycles. The monoisotopic (exact) mass is 350 g/mol. The number of halogens is 2. The fourth-order valence-corrected chi connectivity index (χ4v) is 2.77. The van der Waals surface area contributed by atoms with Crippen molar-refractivity contribution in [1.82, 2.24) is 9.55 Å². The van der Waals surface area contributed by atoms with E-state index in [0.717, 1.165) is 22.7 Å². The number of para-hydroxylation sites is 2. The fraction of sp³-hybridized carbons (Fsp3) is 0.0625. The van der Waals surface area contributed by atoms with Crippen molar-refractivity contribution in [3.8, 4) is 22.7 Å². The number of rotatable bonds is 3. The van der Waals surface area contributed by atoms with E-state index in [1.54, 1.807) is 19.2 Å². The van der Waals surface area contributed by atoms with Crippen LogP contribution in [0.25, 0.3) is 16.9 Å². The summed E-state index contributed by atoms with van der Waals surface area (Å²) in [5.41, 5.74) is 2.64. The summed E-state index contributed by atoms with van der Waals surface area (Å²) in [7, 11) is 1.63. The molecule has 0 unspecified atom stereocenters. The van der Waals surface area contributed by atoms with Gasteiger partial charge in [-0.15, -0.1) is 0 Å². The average Bonchev–Trinajstić information content (AvgIpc) is 2.91. The Hall–Kier alpha value is -1.75. The van der Waals surface area contributed by atoms with Gasteiger partial charge in [0.25, 0.3) is 0 Å². The fourth-order valence-electron chi connectivity index (χ4n) is 2.21. The smallest absolute Gasteiger partial charge is 0.182 e. The number of methoxy groups -OCH3 is 1. The first-order valence-corrected chi connectivity index (χ1v) is 7.67. The molecule has 0 aliphatic rings. The Kier molecular flexibility index (Phi) is 4.25. The van der Waals surface area contributed by atoms with E-state index in [9.17, 15) is 0 Å². The molecule has 0 atom stereocenters. The van der Waals surface area contributed by atoms with Gasteiger partial charge in [0.2, 0.25) is 0 Å². The number of benzene rings is 2. The van der Waals surface area contributed by atoms with Crippen molar-refractivity contribution in [1.29, 1.82) is 0 Å². The largest absolute Gasteiger partial charge is 0.495 e. The maximum atomic E-state index is 6.08. The number of hydrogen-bond donors (Lipinski definition) is 1. The molecular formula is C16H12Cl2N2OS. The highest BCUT2D eigenvalue weighted by Gasteiger charge is 2.10. The molecule has 6 heteroatoms. The first kappa shape index (κ1) is 15.2. The minimum absolute atomic E-state index is 0.503. The molecule has 3 aromatic rings. The van der Waals surface area contributed by atoms with E-state index in [-0.39, 0.29) is 0 Å². The molecule has 112 valence electrons. The summed E-state index contributed by atoms with van der Waals surface area (Å²) >= 11 is 17.4. The zero-order valence-corrected chi connectivity index (χ0v) is 14.0. The first-order valence-electron chi connectivity index (χ1n) is 6.50. The van der Waals surface area contributed by atoms with Crippen LogP contribution in [-0.4, -0.2) is 16.7 Å². The van der Waals surface area contributed by atoms with Crippen LogP contribution in [0.4, 0.5) is 0 Å². The van der Waals surface area contributed by atoms with E-state index >= 15 is 0 Å². The summed E-state index contributed by atoms with van der Waals surface area (Å²) in [6.45, 7) is 0. The molecule has 22 heavy (non-hydrogen) atoms. The third-order valence-electron chi connectivity index (χ3n) is 3.29. The molecule has 2 aromatic carbocycles. The standard InChI is InChI=1S/C16H12Cl2N2OS/c1-21-15-5-3-2-4-14(15)20-9-13(19-16(20)22)10-6-7-11(17)12(18)8-10/h2-9H,1H3,(H,19,22). The number of aromatic amines is 1. The van der Waals surface area contributed by atoms with E-state index in [0.29, 0.717) is 14.8 Å². The summed E-state index contributed by atoms with van der Waals surface area (Å²) in [5, 5.41) is 1.02. The molecule has 0 aliphatic heterocycles. The number of nitrogens with one attached hydrogen (secondary N) is 1. The van der Waals surface area contributed by atoms with Gasteiger partial charge in [-0.1, -0.05) is 41.4 Å². The van der Waals surface area contributed by atoms with Gasteiger partial charge in [-0.25, -0.2) is 0 Å². The minimum Gasteiger partial charge on any atom is -0.495 e. The zero-order valence-electron chi connectivity index (χ0n) is 11.6. The highest BCUT2D eigenvalue weighted by Crippen LogP contribution is 2.29. The third kappa shape index (κ3) is 2.77. The van der Waals surface area contributed by atoms with Crippen molar-refractivity contribution in [3.05, 3.63) is 63.5 Å². The predicted molar refractivity (Wildman–Crippen MR) is 93.0 cm³/mol. The molecule has 0 saturated carbocycles. The Morgan fingerprint density at radius 1 is 1.09 bits per heavy atom. The lowest BCUT2D eigenvalue weighted by atomic mass is 10.2. The number of H-pyrrole nitrogens is 1. The average molecular weight is 351 g/mol. The van der Waals surface area contributed by atoms with E-state index < -0.39 is 0 Å². The van der Waals surface area contributed by atoms with Crippen LogP contribution >= 0.6 is 35.4 Å². The zero-order chi connectivity index (χ0) is 15.7. The molecule has 3 rings (SSSR count). The topological polar surface area (TPSA) is 29.9 Å². The number of ether oxygens (including phenoxy) is 1. The Bertz CT molecular complexity index is 886. The maximum absolute atomic E-state index is 6.08. The number of aromatic nitrogens is 2. The van der Waals surface area contributed by atoms with Crippen LogP contribution in [-0.2, 0) is 0 Å². The minimum atomic E-state index is 0.503. The Morgan fingerprint density at radius 2 is 1.86 bits per heavy atom.